The Bertz CT molecular complexity index is 792. The van der Waals surface area contributed by atoms with Gasteiger partial charge in [-0.2, -0.15) is 0 Å². The number of carbonyl (C=O) groups is 3. The standard InChI is InChI=1S/C20H19NO4/c1-20(2,13-25-12-17(22)14-8-4-3-5-9-14)21-18(23)15-10-6-7-11-16(15)19(21)24/h3-11H,12-13H2,1-2H3. The highest BCUT2D eigenvalue weighted by Crippen LogP contribution is 2.29. The van der Waals surface area contributed by atoms with Crippen LogP contribution in [0.2, 0.25) is 0 Å². The zero-order chi connectivity index (χ0) is 18.0. The molecule has 0 aromatic heterocycles. The van der Waals surface area contributed by atoms with Crippen LogP contribution in [0, 0.1) is 0 Å². The number of ether oxygens (including phenoxy) is 1. The summed E-state index contributed by atoms with van der Waals surface area (Å²) in [6.07, 6.45) is 0. The predicted molar refractivity (Wildman–Crippen MR) is 92.6 cm³/mol. The number of hydrogen-bond donors (Lipinski definition) is 0. The van der Waals surface area contributed by atoms with Crippen molar-refractivity contribution in [3.63, 3.8) is 0 Å². The minimum Gasteiger partial charge on any atom is -0.371 e. The van der Waals surface area contributed by atoms with Gasteiger partial charge in [0.15, 0.2) is 5.78 Å². The molecule has 0 N–H and O–H groups in total. The highest BCUT2D eigenvalue weighted by Gasteiger charge is 2.44. The Labute approximate surface area is 146 Å². The van der Waals surface area contributed by atoms with Gasteiger partial charge < -0.3 is 4.74 Å². The maximum Gasteiger partial charge on any atom is 0.262 e. The Hall–Kier alpha value is -2.79. The lowest BCUT2D eigenvalue weighted by Gasteiger charge is -2.33. The molecule has 0 atom stereocenters. The molecule has 0 fully saturated rings. The molecule has 0 saturated carbocycles. The fourth-order valence-corrected chi connectivity index (χ4v) is 2.90. The normalized spacial score (nSPS) is 13.9. The molecule has 5 heteroatoms. The molecule has 0 bridgehead atoms. The molecule has 0 unspecified atom stereocenters. The first-order chi connectivity index (χ1) is 11.9. The molecule has 0 aliphatic carbocycles. The number of Topliss-reactive ketones (excluding diaryl/α,β-unsaturated/α-hetero) is 1. The van der Waals surface area contributed by atoms with Gasteiger partial charge in [0.1, 0.15) is 6.61 Å². The molecule has 0 spiro atoms. The second-order valence-electron chi connectivity index (χ2n) is 6.59. The number of amides is 2. The van der Waals surface area contributed by atoms with E-state index < -0.39 is 5.54 Å². The molecule has 3 rings (SSSR count). The van der Waals surface area contributed by atoms with E-state index >= 15 is 0 Å². The Morgan fingerprint density at radius 1 is 0.920 bits per heavy atom. The van der Waals surface area contributed by atoms with Gasteiger partial charge in [-0.25, -0.2) is 0 Å². The smallest absolute Gasteiger partial charge is 0.262 e. The third kappa shape index (κ3) is 3.23. The molecule has 2 aromatic carbocycles. The van der Waals surface area contributed by atoms with Crippen molar-refractivity contribution in [3.8, 4) is 0 Å². The lowest BCUT2D eigenvalue weighted by molar-refractivity contribution is 0.0179. The molecule has 2 amide bonds. The van der Waals surface area contributed by atoms with Gasteiger partial charge in [0.25, 0.3) is 11.8 Å². The van der Waals surface area contributed by atoms with Gasteiger partial charge >= 0.3 is 0 Å². The third-order valence-electron chi connectivity index (χ3n) is 4.18. The van der Waals surface area contributed by atoms with Crippen LogP contribution >= 0.6 is 0 Å². The van der Waals surface area contributed by atoms with Gasteiger partial charge in [0.05, 0.1) is 23.3 Å². The first-order valence-corrected chi connectivity index (χ1v) is 8.06. The van der Waals surface area contributed by atoms with Crippen LogP contribution in [0.25, 0.3) is 0 Å². The number of nitrogens with zero attached hydrogens (tertiary/aromatic N) is 1. The van der Waals surface area contributed by atoms with Crippen molar-refractivity contribution >= 4 is 17.6 Å². The zero-order valence-electron chi connectivity index (χ0n) is 14.2. The lowest BCUT2D eigenvalue weighted by Crippen LogP contribution is -2.50. The van der Waals surface area contributed by atoms with E-state index in [4.69, 9.17) is 4.74 Å². The fraction of sp³-hybridized carbons (Fsp3) is 0.250. The summed E-state index contributed by atoms with van der Waals surface area (Å²) in [5.74, 6) is -0.800. The number of hydrogen-bond acceptors (Lipinski definition) is 4. The Morgan fingerprint density at radius 3 is 2.00 bits per heavy atom. The molecule has 0 saturated heterocycles. The number of rotatable bonds is 6. The number of ketones is 1. The van der Waals surface area contributed by atoms with Crippen molar-refractivity contribution < 1.29 is 19.1 Å². The fourth-order valence-electron chi connectivity index (χ4n) is 2.90. The first-order valence-electron chi connectivity index (χ1n) is 8.06. The van der Waals surface area contributed by atoms with Crippen molar-refractivity contribution in [2.45, 2.75) is 19.4 Å². The zero-order valence-corrected chi connectivity index (χ0v) is 14.2. The van der Waals surface area contributed by atoms with Crippen molar-refractivity contribution in [3.05, 3.63) is 71.3 Å². The first kappa shape index (κ1) is 17.0. The molecule has 1 aliphatic heterocycles. The van der Waals surface area contributed by atoms with Gasteiger partial charge in [-0.05, 0) is 26.0 Å². The molecule has 0 radical (unpaired) electrons. The van der Waals surface area contributed by atoms with Crippen LogP contribution in [0.15, 0.2) is 54.6 Å². The van der Waals surface area contributed by atoms with E-state index in [2.05, 4.69) is 0 Å². The maximum atomic E-state index is 12.6. The summed E-state index contributed by atoms with van der Waals surface area (Å²) in [6, 6.07) is 15.6. The van der Waals surface area contributed by atoms with E-state index in [9.17, 15) is 14.4 Å². The quantitative estimate of drug-likeness (QED) is 0.600. The molecule has 1 heterocycles. The van der Waals surface area contributed by atoms with Crippen LogP contribution < -0.4 is 0 Å². The lowest BCUT2D eigenvalue weighted by atomic mass is 10.0. The predicted octanol–water partition coefficient (Wildman–Crippen LogP) is 2.96. The topological polar surface area (TPSA) is 63.7 Å². The van der Waals surface area contributed by atoms with Crippen LogP contribution in [-0.4, -0.2) is 41.3 Å². The van der Waals surface area contributed by atoms with Gasteiger partial charge in [-0.1, -0.05) is 42.5 Å². The minimum atomic E-state index is -0.857. The van der Waals surface area contributed by atoms with E-state index in [1.807, 2.05) is 6.07 Å². The summed E-state index contributed by atoms with van der Waals surface area (Å²) in [5, 5.41) is 0. The van der Waals surface area contributed by atoms with Gasteiger partial charge in [-0.15, -0.1) is 0 Å². The second kappa shape index (κ2) is 6.61. The monoisotopic (exact) mass is 337 g/mol. The molecule has 5 nitrogen and oxygen atoms in total. The second-order valence-corrected chi connectivity index (χ2v) is 6.59. The molecule has 2 aromatic rings. The van der Waals surface area contributed by atoms with E-state index in [0.29, 0.717) is 16.7 Å². The highest BCUT2D eigenvalue weighted by molar-refractivity contribution is 6.21. The van der Waals surface area contributed by atoms with Crippen LogP contribution in [0.1, 0.15) is 44.9 Å². The molecular formula is C20H19NO4. The van der Waals surface area contributed by atoms with Gasteiger partial charge in [0, 0.05) is 5.56 Å². The SMILES string of the molecule is CC(C)(COCC(=O)c1ccccc1)N1C(=O)c2ccccc2C1=O. The van der Waals surface area contributed by atoms with Crippen molar-refractivity contribution in [1.29, 1.82) is 0 Å². The van der Waals surface area contributed by atoms with Crippen molar-refractivity contribution in [1.82, 2.24) is 4.90 Å². The summed E-state index contributed by atoms with van der Waals surface area (Å²) in [7, 11) is 0. The summed E-state index contributed by atoms with van der Waals surface area (Å²) in [4.78, 5) is 38.4. The van der Waals surface area contributed by atoms with Gasteiger partial charge in [0.2, 0.25) is 0 Å². The number of imide groups is 1. The molecule has 25 heavy (non-hydrogen) atoms. The number of benzene rings is 2. The number of carbonyl (C=O) groups excluding carboxylic acids is 3. The van der Waals surface area contributed by atoms with E-state index in [1.54, 1.807) is 62.4 Å². The number of fused-ring (bicyclic) bond motifs is 1. The molecular weight excluding hydrogens is 318 g/mol. The summed E-state index contributed by atoms with van der Waals surface area (Å²) in [6.45, 7) is 3.48. The van der Waals surface area contributed by atoms with Crippen molar-refractivity contribution in [2.24, 2.45) is 0 Å². The summed E-state index contributed by atoms with van der Waals surface area (Å²) in [5.41, 5.74) is 0.521. The van der Waals surface area contributed by atoms with Crippen LogP contribution in [-0.2, 0) is 4.74 Å². The highest BCUT2D eigenvalue weighted by atomic mass is 16.5. The molecule has 1 aliphatic rings. The minimum absolute atomic E-state index is 0.0804. The average Bonchev–Trinajstić information content (AvgIpc) is 2.87. The van der Waals surface area contributed by atoms with E-state index in [0.717, 1.165) is 0 Å². The average molecular weight is 337 g/mol. The largest absolute Gasteiger partial charge is 0.371 e. The van der Waals surface area contributed by atoms with Gasteiger partial charge in [-0.3, -0.25) is 19.3 Å². The van der Waals surface area contributed by atoms with Crippen LogP contribution in [0.4, 0.5) is 0 Å². The van der Waals surface area contributed by atoms with Crippen LogP contribution in [0.3, 0.4) is 0 Å². The Morgan fingerprint density at radius 2 is 1.44 bits per heavy atom. The Balaban J connectivity index is 1.66. The summed E-state index contributed by atoms with van der Waals surface area (Å²) >= 11 is 0. The Kier molecular flexibility index (Phi) is 4.51. The van der Waals surface area contributed by atoms with Crippen molar-refractivity contribution in [2.75, 3.05) is 13.2 Å². The van der Waals surface area contributed by atoms with E-state index in [1.165, 1.54) is 4.90 Å². The third-order valence-corrected chi connectivity index (χ3v) is 4.18. The molecule has 128 valence electrons. The summed E-state index contributed by atoms with van der Waals surface area (Å²) < 4.78 is 5.53. The maximum absolute atomic E-state index is 12.6. The van der Waals surface area contributed by atoms with E-state index in [-0.39, 0.29) is 30.8 Å². The van der Waals surface area contributed by atoms with Crippen LogP contribution in [0.5, 0.6) is 0 Å².